The number of nitro benzene ring substituents is 1. The zero-order chi connectivity index (χ0) is 16.2. The number of benzene rings is 1. The van der Waals surface area contributed by atoms with Gasteiger partial charge >= 0.3 is 0 Å². The molecule has 0 bridgehead atoms. The summed E-state index contributed by atoms with van der Waals surface area (Å²) in [6, 6.07) is 4.62. The normalized spacial score (nSPS) is 12.5. The number of nitrogens with one attached hydrogen (secondary N) is 1. The molecule has 1 amide bonds. The molecule has 1 aromatic carbocycles. The summed E-state index contributed by atoms with van der Waals surface area (Å²) in [5.41, 5.74) is 0.154. The Balaban J connectivity index is 2.86. The largest absolute Gasteiger partial charge is 0.350 e. The van der Waals surface area contributed by atoms with Crippen molar-refractivity contribution in [2.45, 2.75) is 19.9 Å². The van der Waals surface area contributed by atoms with E-state index < -0.39 is 4.92 Å². The third-order valence-corrected chi connectivity index (χ3v) is 4.16. The molecule has 1 unspecified atom stereocenters. The quantitative estimate of drug-likeness (QED) is 0.627. The molecule has 1 rings (SSSR count). The molecule has 0 saturated carbocycles. The minimum Gasteiger partial charge on any atom is -0.350 e. The van der Waals surface area contributed by atoms with Crippen molar-refractivity contribution in [2.75, 3.05) is 20.6 Å². The van der Waals surface area contributed by atoms with Gasteiger partial charge in [0.05, 0.1) is 10.5 Å². The van der Waals surface area contributed by atoms with Gasteiger partial charge in [-0.1, -0.05) is 19.9 Å². The zero-order valence-electron chi connectivity index (χ0n) is 12.6. The van der Waals surface area contributed by atoms with Crippen LogP contribution in [0.5, 0.6) is 0 Å². The third kappa shape index (κ3) is 4.50. The molecule has 0 aromatic heterocycles. The number of nitrogens with zero attached hydrogens (tertiary/aromatic N) is 2. The molecule has 0 fully saturated rings. The van der Waals surface area contributed by atoms with Crippen LogP contribution in [0.3, 0.4) is 0 Å². The van der Waals surface area contributed by atoms with Gasteiger partial charge in [0.25, 0.3) is 11.6 Å². The number of halogens is 1. The maximum absolute atomic E-state index is 12.2. The first kappa shape index (κ1) is 17.6. The highest BCUT2D eigenvalue weighted by atomic mass is 79.9. The highest BCUT2D eigenvalue weighted by Crippen LogP contribution is 2.28. The van der Waals surface area contributed by atoms with E-state index in [0.29, 0.717) is 12.5 Å². The van der Waals surface area contributed by atoms with Crippen LogP contribution < -0.4 is 5.32 Å². The second-order valence-electron chi connectivity index (χ2n) is 5.38. The lowest BCUT2D eigenvalue weighted by molar-refractivity contribution is -0.385. The van der Waals surface area contributed by atoms with Crippen molar-refractivity contribution in [1.82, 2.24) is 10.2 Å². The molecule has 6 nitrogen and oxygen atoms in total. The molecule has 0 heterocycles. The van der Waals surface area contributed by atoms with Gasteiger partial charge in [-0.25, -0.2) is 0 Å². The van der Waals surface area contributed by atoms with Crippen molar-refractivity contribution in [2.24, 2.45) is 5.92 Å². The summed E-state index contributed by atoms with van der Waals surface area (Å²) < 4.78 is 0.207. The van der Waals surface area contributed by atoms with Crippen LogP contribution in [0.25, 0.3) is 0 Å². The summed E-state index contributed by atoms with van der Waals surface area (Å²) in [5.74, 6) is 0.0620. The third-order valence-electron chi connectivity index (χ3n) is 3.32. The molecular weight excluding hydrogens is 338 g/mol. The molecule has 7 heteroatoms. The van der Waals surface area contributed by atoms with E-state index in [-0.39, 0.29) is 27.7 Å². The van der Waals surface area contributed by atoms with Crippen LogP contribution in [0.4, 0.5) is 5.69 Å². The van der Waals surface area contributed by atoms with Crippen molar-refractivity contribution >= 4 is 27.5 Å². The number of amides is 1. The fourth-order valence-electron chi connectivity index (χ4n) is 2.14. The van der Waals surface area contributed by atoms with Gasteiger partial charge in [0.15, 0.2) is 0 Å². The zero-order valence-corrected chi connectivity index (χ0v) is 14.2. The maximum Gasteiger partial charge on any atom is 0.284 e. The average molecular weight is 358 g/mol. The van der Waals surface area contributed by atoms with Crippen molar-refractivity contribution in [3.05, 3.63) is 38.3 Å². The van der Waals surface area contributed by atoms with Gasteiger partial charge < -0.3 is 10.2 Å². The first-order chi connectivity index (χ1) is 9.75. The topological polar surface area (TPSA) is 75.5 Å². The fourth-order valence-corrected chi connectivity index (χ4v) is 2.73. The van der Waals surface area contributed by atoms with E-state index in [0.717, 1.165) is 0 Å². The summed E-state index contributed by atoms with van der Waals surface area (Å²) in [6.07, 6.45) is 0. The predicted molar refractivity (Wildman–Crippen MR) is 85.4 cm³/mol. The van der Waals surface area contributed by atoms with Crippen LogP contribution in [0.2, 0.25) is 0 Å². The Morgan fingerprint density at radius 3 is 2.52 bits per heavy atom. The smallest absolute Gasteiger partial charge is 0.284 e. The van der Waals surface area contributed by atoms with E-state index in [1.807, 2.05) is 19.0 Å². The van der Waals surface area contributed by atoms with Crippen LogP contribution in [0.15, 0.2) is 22.7 Å². The Hall–Kier alpha value is -1.47. The number of carbonyl (C=O) groups is 1. The van der Waals surface area contributed by atoms with Gasteiger partial charge in [-0.3, -0.25) is 14.9 Å². The summed E-state index contributed by atoms with van der Waals surface area (Å²) in [4.78, 5) is 24.6. The van der Waals surface area contributed by atoms with Crippen LogP contribution in [-0.4, -0.2) is 42.4 Å². The molecule has 1 atom stereocenters. The number of nitro groups is 1. The molecule has 21 heavy (non-hydrogen) atoms. The van der Waals surface area contributed by atoms with Crippen LogP contribution in [0, 0.1) is 16.0 Å². The van der Waals surface area contributed by atoms with Gasteiger partial charge in [-0.2, -0.15) is 0 Å². The van der Waals surface area contributed by atoms with E-state index in [9.17, 15) is 14.9 Å². The van der Waals surface area contributed by atoms with Crippen molar-refractivity contribution in [1.29, 1.82) is 0 Å². The molecular formula is C14H20BrN3O3. The lowest BCUT2D eigenvalue weighted by atomic mass is 10.0. The summed E-state index contributed by atoms with van der Waals surface area (Å²) in [5, 5.41) is 13.7. The Morgan fingerprint density at radius 2 is 2.05 bits per heavy atom. The van der Waals surface area contributed by atoms with E-state index in [1.165, 1.54) is 12.1 Å². The SMILES string of the molecule is CC(C)C(CNC(=O)c1cccc([N+](=O)[O-])c1Br)N(C)C. The molecule has 0 aliphatic carbocycles. The molecule has 116 valence electrons. The molecule has 1 N–H and O–H groups in total. The van der Waals surface area contributed by atoms with Gasteiger partial charge in [0.2, 0.25) is 0 Å². The molecule has 0 aliphatic rings. The van der Waals surface area contributed by atoms with Crippen molar-refractivity contribution in [3.8, 4) is 0 Å². The van der Waals surface area contributed by atoms with Crippen LogP contribution in [0.1, 0.15) is 24.2 Å². The molecule has 0 saturated heterocycles. The monoisotopic (exact) mass is 357 g/mol. The van der Waals surface area contributed by atoms with Gasteiger partial charge in [-0.05, 0) is 42.0 Å². The van der Waals surface area contributed by atoms with Gasteiger partial charge in [-0.15, -0.1) is 0 Å². The van der Waals surface area contributed by atoms with Gasteiger partial charge in [0.1, 0.15) is 4.47 Å². The van der Waals surface area contributed by atoms with Crippen LogP contribution >= 0.6 is 15.9 Å². The second-order valence-corrected chi connectivity index (χ2v) is 6.17. The summed E-state index contributed by atoms with van der Waals surface area (Å²) >= 11 is 3.13. The lowest BCUT2D eigenvalue weighted by Crippen LogP contribution is -2.43. The van der Waals surface area contributed by atoms with E-state index in [2.05, 4.69) is 35.1 Å². The van der Waals surface area contributed by atoms with E-state index in [4.69, 9.17) is 0 Å². The van der Waals surface area contributed by atoms with Crippen molar-refractivity contribution < 1.29 is 9.72 Å². The molecule has 1 aromatic rings. The first-order valence-corrected chi connectivity index (χ1v) is 7.42. The average Bonchev–Trinajstić information content (AvgIpc) is 2.37. The lowest BCUT2D eigenvalue weighted by Gasteiger charge is -2.28. The molecule has 0 aliphatic heterocycles. The first-order valence-electron chi connectivity index (χ1n) is 6.63. The highest BCUT2D eigenvalue weighted by Gasteiger charge is 2.21. The predicted octanol–water partition coefficient (Wildman–Crippen LogP) is 2.67. The number of carbonyl (C=O) groups excluding carboxylic acids is 1. The van der Waals surface area contributed by atoms with E-state index >= 15 is 0 Å². The minimum atomic E-state index is -0.516. The maximum atomic E-state index is 12.2. The van der Waals surface area contributed by atoms with E-state index in [1.54, 1.807) is 6.07 Å². The fraction of sp³-hybridized carbons (Fsp3) is 0.500. The summed E-state index contributed by atoms with van der Waals surface area (Å²) in [7, 11) is 3.92. The van der Waals surface area contributed by atoms with Crippen LogP contribution in [-0.2, 0) is 0 Å². The summed E-state index contributed by atoms with van der Waals surface area (Å²) in [6.45, 7) is 4.65. The Morgan fingerprint density at radius 1 is 1.43 bits per heavy atom. The standard InChI is InChI=1S/C14H20BrN3O3/c1-9(2)12(17(3)4)8-16-14(19)10-6-5-7-11(13(10)15)18(20)21/h5-7,9,12H,8H2,1-4H3,(H,16,19). The van der Waals surface area contributed by atoms with Crippen molar-refractivity contribution in [3.63, 3.8) is 0 Å². The number of hydrogen-bond donors (Lipinski definition) is 1. The number of rotatable bonds is 6. The Labute approximate surface area is 132 Å². The number of likely N-dealkylation sites (N-methyl/N-ethyl adjacent to an activating group) is 1. The Bertz CT molecular complexity index is 524. The highest BCUT2D eigenvalue weighted by molar-refractivity contribution is 9.10. The minimum absolute atomic E-state index is 0.115. The van der Waals surface area contributed by atoms with Gasteiger partial charge in [0, 0.05) is 18.7 Å². The molecule has 0 spiro atoms. The Kier molecular flexibility index (Phi) is 6.29. The second kappa shape index (κ2) is 7.51. The number of hydrogen-bond acceptors (Lipinski definition) is 4. The molecule has 0 radical (unpaired) electrons.